The molecule has 0 aromatic heterocycles. The first-order valence-electron chi connectivity index (χ1n) is 6.23. The lowest BCUT2D eigenvalue weighted by Gasteiger charge is -2.24. The van der Waals surface area contributed by atoms with Crippen LogP contribution in [0.2, 0.25) is 0 Å². The molecule has 1 heterocycles. The highest BCUT2D eigenvalue weighted by Gasteiger charge is 2.26. The fourth-order valence-electron chi connectivity index (χ4n) is 2.32. The Morgan fingerprint density at radius 3 is 2.69 bits per heavy atom. The normalized spacial score (nSPS) is 22.2. The lowest BCUT2D eigenvalue weighted by atomic mass is 9.98. The lowest BCUT2D eigenvalue weighted by Crippen LogP contribution is -2.31. The molecule has 0 spiro atoms. The van der Waals surface area contributed by atoms with Crippen LogP contribution in [0.5, 0.6) is 0 Å². The van der Waals surface area contributed by atoms with Gasteiger partial charge in [-0.2, -0.15) is 0 Å². The van der Waals surface area contributed by atoms with Crippen LogP contribution in [0.3, 0.4) is 0 Å². The summed E-state index contributed by atoms with van der Waals surface area (Å²) in [5, 5.41) is 3.54. The molecule has 0 bridgehead atoms. The van der Waals surface area contributed by atoms with Gasteiger partial charge in [0.25, 0.3) is 0 Å². The maximum atomic E-state index is 5.79. The van der Waals surface area contributed by atoms with Crippen LogP contribution < -0.4 is 5.32 Å². The molecule has 2 nitrogen and oxygen atoms in total. The van der Waals surface area contributed by atoms with Crippen LogP contribution in [0, 0.1) is 6.92 Å². The van der Waals surface area contributed by atoms with Crippen LogP contribution in [-0.2, 0) is 4.74 Å². The zero-order valence-corrected chi connectivity index (χ0v) is 10.2. The van der Waals surface area contributed by atoms with Crippen molar-refractivity contribution in [2.24, 2.45) is 0 Å². The van der Waals surface area contributed by atoms with Crippen molar-refractivity contribution in [2.75, 3.05) is 13.2 Å². The minimum absolute atomic E-state index is 0.350. The Hall–Kier alpha value is -0.860. The molecule has 0 radical (unpaired) electrons. The van der Waals surface area contributed by atoms with E-state index in [-0.39, 0.29) is 0 Å². The van der Waals surface area contributed by atoms with Crippen molar-refractivity contribution < 1.29 is 4.74 Å². The largest absolute Gasteiger partial charge is 0.376 e. The number of hydrogen-bond acceptors (Lipinski definition) is 2. The predicted molar refractivity (Wildman–Crippen MR) is 66.6 cm³/mol. The van der Waals surface area contributed by atoms with Crippen molar-refractivity contribution in [2.45, 2.75) is 38.8 Å². The van der Waals surface area contributed by atoms with E-state index in [4.69, 9.17) is 4.74 Å². The molecule has 0 amide bonds. The number of nitrogens with one attached hydrogen (secondary N) is 1. The molecule has 2 atom stereocenters. The zero-order valence-electron chi connectivity index (χ0n) is 10.2. The summed E-state index contributed by atoms with van der Waals surface area (Å²) < 4.78 is 5.79. The quantitative estimate of drug-likeness (QED) is 0.840. The number of aryl methyl sites for hydroxylation is 1. The van der Waals surface area contributed by atoms with Gasteiger partial charge in [-0.1, -0.05) is 36.8 Å². The summed E-state index contributed by atoms with van der Waals surface area (Å²) in [5.41, 5.74) is 2.66. The summed E-state index contributed by atoms with van der Waals surface area (Å²) in [6.07, 6.45) is 2.71. The topological polar surface area (TPSA) is 21.3 Å². The Morgan fingerprint density at radius 1 is 1.38 bits per heavy atom. The zero-order chi connectivity index (χ0) is 11.4. The van der Waals surface area contributed by atoms with Gasteiger partial charge in [0.2, 0.25) is 0 Å². The van der Waals surface area contributed by atoms with E-state index in [9.17, 15) is 0 Å². The van der Waals surface area contributed by atoms with E-state index in [0.29, 0.717) is 12.1 Å². The van der Waals surface area contributed by atoms with Crippen molar-refractivity contribution >= 4 is 0 Å². The van der Waals surface area contributed by atoms with Gasteiger partial charge in [-0.05, 0) is 31.9 Å². The van der Waals surface area contributed by atoms with Gasteiger partial charge in [-0.3, -0.25) is 0 Å². The molecule has 1 aliphatic heterocycles. The van der Waals surface area contributed by atoms with Gasteiger partial charge in [0, 0.05) is 6.61 Å². The second-order valence-electron chi connectivity index (χ2n) is 4.50. The molecule has 1 saturated heterocycles. The highest BCUT2D eigenvalue weighted by atomic mass is 16.5. The van der Waals surface area contributed by atoms with Crippen molar-refractivity contribution in [1.82, 2.24) is 5.32 Å². The van der Waals surface area contributed by atoms with E-state index in [1.54, 1.807) is 0 Å². The second kappa shape index (κ2) is 5.46. The number of likely N-dealkylation sites (N-methyl/N-ethyl adjacent to an activating group) is 1. The highest BCUT2D eigenvalue weighted by molar-refractivity contribution is 5.25. The average molecular weight is 219 g/mol. The van der Waals surface area contributed by atoms with E-state index in [1.807, 2.05) is 0 Å². The third kappa shape index (κ3) is 2.63. The van der Waals surface area contributed by atoms with E-state index in [0.717, 1.165) is 13.2 Å². The van der Waals surface area contributed by atoms with Crippen LogP contribution in [0.1, 0.15) is 36.9 Å². The van der Waals surface area contributed by atoms with Crippen molar-refractivity contribution in [3.05, 3.63) is 35.4 Å². The van der Waals surface area contributed by atoms with Gasteiger partial charge in [-0.15, -0.1) is 0 Å². The van der Waals surface area contributed by atoms with Gasteiger partial charge in [0.1, 0.15) is 0 Å². The molecule has 2 unspecified atom stereocenters. The summed E-state index contributed by atoms with van der Waals surface area (Å²) in [5.74, 6) is 0. The molecule has 88 valence electrons. The van der Waals surface area contributed by atoms with Crippen LogP contribution in [0.15, 0.2) is 24.3 Å². The predicted octanol–water partition coefficient (Wildman–Crippen LogP) is 2.82. The lowest BCUT2D eigenvalue weighted by molar-refractivity contribution is 0.0788. The summed E-state index contributed by atoms with van der Waals surface area (Å²) >= 11 is 0. The van der Waals surface area contributed by atoms with E-state index < -0.39 is 0 Å². The molecule has 16 heavy (non-hydrogen) atoms. The Bertz CT molecular complexity index is 314. The Kier molecular flexibility index (Phi) is 3.97. The molecule has 2 rings (SSSR count). The molecule has 1 fully saturated rings. The number of rotatable bonds is 4. The maximum Gasteiger partial charge on any atom is 0.0770 e. The first-order chi connectivity index (χ1) is 7.81. The molecule has 1 aliphatic rings. The van der Waals surface area contributed by atoms with Crippen molar-refractivity contribution in [3.8, 4) is 0 Å². The second-order valence-corrected chi connectivity index (χ2v) is 4.50. The van der Waals surface area contributed by atoms with Gasteiger partial charge < -0.3 is 10.1 Å². The van der Waals surface area contributed by atoms with Gasteiger partial charge in [-0.25, -0.2) is 0 Å². The summed E-state index contributed by atoms with van der Waals surface area (Å²) in [6.45, 7) is 6.17. The maximum absolute atomic E-state index is 5.79. The smallest absolute Gasteiger partial charge is 0.0770 e. The Balaban J connectivity index is 2.14. The molecule has 0 aliphatic carbocycles. The minimum Gasteiger partial charge on any atom is -0.376 e. The van der Waals surface area contributed by atoms with Crippen molar-refractivity contribution in [1.29, 1.82) is 0 Å². The first-order valence-corrected chi connectivity index (χ1v) is 6.23. The molecule has 0 saturated carbocycles. The number of hydrogen-bond donors (Lipinski definition) is 1. The van der Waals surface area contributed by atoms with E-state index >= 15 is 0 Å². The van der Waals surface area contributed by atoms with E-state index in [2.05, 4.69) is 43.4 Å². The average Bonchev–Trinajstić information content (AvgIpc) is 2.81. The van der Waals surface area contributed by atoms with E-state index in [1.165, 1.54) is 24.0 Å². The SMILES string of the molecule is CCNC(c1ccc(C)cc1)C1CCCO1. The Labute approximate surface area is 98.0 Å². The van der Waals surface area contributed by atoms with Crippen LogP contribution in [0.25, 0.3) is 0 Å². The van der Waals surface area contributed by atoms with Crippen molar-refractivity contribution in [3.63, 3.8) is 0 Å². The molecule has 1 N–H and O–H groups in total. The van der Waals surface area contributed by atoms with Gasteiger partial charge in [0.05, 0.1) is 12.1 Å². The van der Waals surface area contributed by atoms with Gasteiger partial charge in [0.15, 0.2) is 0 Å². The molecular weight excluding hydrogens is 198 g/mol. The molecule has 1 aromatic carbocycles. The third-order valence-electron chi connectivity index (χ3n) is 3.20. The monoisotopic (exact) mass is 219 g/mol. The highest BCUT2D eigenvalue weighted by Crippen LogP contribution is 2.26. The number of benzene rings is 1. The summed E-state index contributed by atoms with van der Waals surface area (Å²) in [4.78, 5) is 0. The fraction of sp³-hybridized carbons (Fsp3) is 0.571. The fourth-order valence-corrected chi connectivity index (χ4v) is 2.32. The minimum atomic E-state index is 0.350. The Morgan fingerprint density at radius 2 is 2.12 bits per heavy atom. The molecule has 2 heteroatoms. The standard InChI is InChI=1S/C14H21NO/c1-3-15-14(13-5-4-10-16-13)12-8-6-11(2)7-9-12/h6-9,13-15H,3-5,10H2,1-2H3. The van der Waals surface area contributed by atoms with Crippen LogP contribution in [0.4, 0.5) is 0 Å². The number of ether oxygens (including phenoxy) is 1. The summed E-state index contributed by atoms with van der Waals surface area (Å²) in [6, 6.07) is 9.13. The third-order valence-corrected chi connectivity index (χ3v) is 3.20. The molecule has 1 aromatic rings. The van der Waals surface area contributed by atoms with Gasteiger partial charge >= 0.3 is 0 Å². The summed E-state index contributed by atoms with van der Waals surface area (Å²) in [7, 11) is 0. The molecular formula is C14H21NO. The first kappa shape index (κ1) is 11.6. The van der Waals surface area contributed by atoms with Crippen LogP contribution >= 0.6 is 0 Å². The van der Waals surface area contributed by atoms with Crippen LogP contribution in [-0.4, -0.2) is 19.3 Å².